The second-order valence-electron chi connectivity index (χ2n) is 5.38. The number of rotatable bonds is 3. The number of nitrogens with zero attached hydrogens (tertiary/aromatic N) is 1. The Morgan fingerprint density at radius 3 is 2.89 bits per heavy atom. The molecular formula is C13H25ClN2OS. The molecule has 2 heterocycles. The minimum Gasteiger partial charge on any atom is -0.339 e. The molecule has 3 atom stereocenters. The molecule has 2 rings (SSSR count). The SMILES string of the molecule is CCC1CC(C)CN1C(=O)CC1CSCCN1.Cl. The summed E-state index contributed by atoms with van der Waals surface area (Å²) in [6.45, 7) is 6.47. The standard InChI is InChI=1S/C13H24N2OS.ClH/c1-3-12-6-10(2)8-15(12)13(16)7-11-9-17-5-4-14-11;/h10-12,14H,3-9H2,1-2H3;1H. The summed E-state index contributed by atoms with van der Waals surface area (Å²) in [5.41, 5.74) is 0. The molecule has 0 aromatic carbocycles. The minimum absolute atomic E-state index is 0. The van der Waals surface area contributed by atoms with Gasteiger partial charge in [0.25, 0.3) is 0 Å². The van der Waals surface area contributed by atoms with Crippen LogP contribution >= 0.6 is 24.2 Å². The Morgan fingerprint density at radius 1 is 1.50 bits per heavy atom. The van der Waals surface area contributed by atoms with Crippen LogP contribution in [0.25, 0.3) is 0 Å². The first kappa shape index (κ1) is 16.1. The zero-order chi connectivity index (χ0) is 12.3. The van der Waals surface area contributed by atoms with Gasteiger partial charge in [-0.3, -0.25) is 4.79 Å². The average Bonchev–Trinajstić information content (AvgIpc) is 2.72. The van der Waals surface area contributed by atoms with Crippen LogP contribution in [0.2, 0.25) is 0 Å². The van der Waals surface area contributed by atoms with E-state index in [4.69, 9.17) is 0 Å². The molecular weight excluding hydrogens is 268 g/mol. The van der Waals surface area contributed by atoms with E-state index in [1.165, 1.54) is 12.2 Å². The van der Waals surface area contributed by atoms with Gasteiger partial charge in [0, 0.05) is 43.1 Å². The highest BCUT2D eigenvalue weighted by Gasteiger charge is 2.32. The highest BCUT2D eigenvalue weighted by molar-refractivity contribution is 7.99. The van der Waals surface area contributed by atoms with Crippen molar-refractivity contribution >= 4 is 30.1 Å². The van der Waals surface area contributed by atoms with Gasteiger partial charge in [-0.05, 0) is 18.8 Å². The van der Waals surface area contributed by atoms with Crippen molar-refractivity contribution in [3.8, 4) is 0 Å². The molecule has 2 aliphatic heterocycles. The Bertz CT molecular complexity index is 272. The summed E-state index contributed by atoms with van der Waals surface area (Å²) in [6.07, 6.45) is 2.98. The zero-order valence-corrected chi connectivity index (χ0v) is 13.0. The molecule has 0 saturated carbocycles. The Kier molecular flexibility index (Phi) is 6.82. The van der Waals surface area contributed by atoms with E-state index in [0.29, 0.717) is 30.3 Å². The first-order valence-electron chi connectivity index (χ1n) is 6.81. The second kappa shape index (κ2) is 7.61. The van der Waals surface area contributed by atoms with E-state index in [0.717, 1.165) is 25.3 Å². The number of nitrogens with one attached hydrogen (secondary N) is 1. The molecule has 3 nitrogen and oxygen atoms in total. The van der Waals surface area contributed by atoms with Gasteiger partial charge in [0.15, 0.2) is 0 Å². The Balaban J connectivity index is 0.00000162. The predicted octanol–water partition coefficient (Wildman–Crippen LogP) is 2.15. The molecule has 2 fully saturated rings. The van der Waals surface area contributed by atoms with Crippen molar-refractivity contribution in [1.29, 1.82) is 0 Å². The van der Waals surface area contributed by atoms with Crippen LogP contribution < -0.4 is 5.32 Å². The van der Waals surface area contributed by atoms with Crippen molar-refractivity contribution in [2.75, 3.05) is 24.6 Å². The van der Waals surface area contributed by atoms with Crippen molar-refractivity contribution in [2.45, 2.75) is 45.2 Å². The maximum atomic E-state index is 12.3. The third kappa shape index (κ3) is 4.04. The van der Waals surface area contributed by atoms with Crippen LogP contribution in [0.3, 0.4) is 0 Å². The maximum Gasteiger partial charge on any atom is 0.224 e. The van der Waals surface area contributed by atoms with E-state index < -0.39 is 0 Å². The molecule has 0 aromatic heterocycles. The number of thioether (sulfide) groups is 1. The summed E-state index contributed by atoms with van der Waals surface area (Å²) < 4.78 is 0. The van der Waals surface area contributed by atoms with Crippen LogP contribution in [0.4, 0.5) is 0 Å². The molecule has 18 heavy (non-hydrogen) atoms. The third-order valence-electron chi connectivity index (χ3n) is 3.83. The van der Waals surface area contributed by atoms with E-state index in [2.05, 4.69) is 24.1 Å². The van der Waals surface area contributed by atoms with Crippen LogP contribution in [0.1, 0.15) is 33.1 Å². The van der Waals surface area contributed by atoms with Gasteiger partial charge in [0.2, 0.25) is 5.91 Å². The fourth-order valence-corrected chi connectivity index (χ4v) is 3.87. The summed E-state index contributed by atoms with van der Waals surface area (Å²) in [7, 11) is 0. The first-order chi connectivity index (χ1) is 8.20. The predicted molar refractivity (Wildman–Crippen MR) is 80.6 cm³/mol. The average molecular weight is 293 g/mol. The molecule has 0 aliphatic carbocycles. The van der Waals surface area contributed by atoms with E-state index in [9.17, 15) is 4.79 Å². The monoisotopic (exact) mass is 292 g/mol. The fourth-order valence-electron chi connectivity index (χ4n) is 2.92. The van der Waals surface area contributed by atoms with Gasteiger partial charge >= 0.3 is 0 Å². The molecule has 3 unspecified atom stereocenters. The van der Waals surface area contributed by atoms with E-state index in [1.54, 1.807) is 0 Å². The largest absolute Gasteiger partial charge is 0.339 e. The smallest absolute Gasteiger partial charge is 0.224 e. The number of likely N-dealkylation sites (tertiary alicyclic amines) is 1. The molecule has 0 bridgehead atoms. The number of carbonyl (C=O) groups excluding carboxylic acids is 1. The van der Waals surface area contributed by atoms with Crippen LogP contribution in [-0.2, 0) is 4.79 Å². The molecule has 2 saturated heterocycles. The quantitative estimate of drug-likeness (QED) is 0.865. The molecule has 1 amide bonds. The lowest BCUT2D eigenvalue weighted by atomic mass is 10.1. The summed E-state index contributed by atoms with van der Waals surface area (Å²) in [4.78, 5) is 14.4. The third-order valence-corrected chi connectivity index (χ3v) is 4.97. The first-order valence-corrected chi connectivity index (χ1v) is 7.96. The summed E-state index contributed by atoms with van der Waals surface area (Å²) in [5.74, 6) is 3.31. The van der Waals surface area contributed by atoms with Gasteiger partial charge in [-0.25, -0.2) is 0 Å². The Morgan fingerprint density at radius 2 is 2.28 bits per heavy atom. The van der Waals surface area contributed by atoms with Gasteiger partial charge in [-0.2, -0.15) is 11.8 Å². The molecule has 0 aromatic rings. The highest BCUT2D eigenvalue weighted by Crippen LogP contribution is 2.26. The Hall–Kier alpha value is 0.0700. The molecule has 2 aliphatic rings. The van der Waals surface area contributed by atoms with Gasteiger partial charge in [0.05, 0.1) is 0 Å². The van der Waals surface area contributed by atoms with Gasteiger partial charge in [-0.15, -0.1) is 12.4 Å². The van der Waals surface area contributed by atoms with Crippen LogP contribution in [0.15, 0.2) is 0 Å². The lowest BCUT2D eigenvalue weighted by molar-refractivity contribution is -0.132. The number of carbonyl (C=O) groups is 1. The van der Waals surface area contributed by atoms with Gasteiger partial charge in [-0.1, -0.05) is 13.8 Å². The minimum atomic E-state index is 0. The molecule has 1 N–H and O–H groups in total. The van der Waals surface area contributed by atoms with Crippen LogP contribution in [-0.4, -0.2) is 47.5 Å². The lowest BCUT2D eigenvalue weighted by Crippen LogP contribution is -2.43. The fraction of sp³-hybridized carbons (Fsp3) is 0.923. The summed E-state index contributed by atoms with van der Waals surface area (Å²) >= 11 is 1.96. The Labute approximate surface area is 121 Å². The molecule has 0 spiro atoms. The van der Waals surface area contributed by atoms with E-state index in [1.807, 2.05) is 11.8 Å². The zero-order valence-electron chi connectivity index (χ0n) is 11.4. The topological polar surface area (TPSA) is 32.3 Å². The van der Waals surface area contributed by atoms with E-state index >= 15 is 0 Å². The van der Waals surface area contributed by atoms with Crippen molar-refractivity contribution in [2.24, 2.45) is 5.92 Å². The highest BCUT2D eigenvalue weighted by atomic mass is 35.5. The van der Waals surface area contributed by atoms with Crippen molar-refractivity contribution < 1.29 is 4.79 Å². The maximum absolute atomic E-state index is 12.3. The van der Waals surface area contributed by atoms with Crippen molar-refractivity contribution in [3.05, 3.63) is 0 Å². The number of hydrogen-bond acceptors (Lipinski definition) is 3. The number of amides is 1. The van der Waals surface area contributed by atoms with Crippen molar-refractivity contribution in [3.63, 3.8) is 0 Å². The van der Waals surface area contributed by atoms with Crippen LogP contribution in [0.5, 0.6) is 0 Å². The van der Waals surface area contributed by atoms with Crippen molar-refractivity contribution in [1.82, 2.24) is 10.2 Å². The lowest BCUT2D eigenvalue weighted by Gasteiger charge is -2.28. The normalized spacial score (nSPS) is 32.1. The number of halogens is 1. The summed E-state index contributed by atoms with van der Waals surface area (Å²) in [6, 6.07) is 0.892. The van der Waals surface area contributed by atoms with Crippen LogP contribution in [0, 0.1) is 5.92 Å². The summed E-state index contributed by atoms with van der Waals surface area (Å²) in [5, 5.41) is 3.45. The van der Waals surface area contributed by atoms with Gasteiger partial charge < -0.3 is 10.2 Å². The van der Waals surface area contributed by atoms with Gasteiger partial charge in [0.1, 0.15) is 0 Å². The second-order valence-corrected chi connectivity index (χ2v) is 6.53. The molecule has 5 heteroatoms. The number of hydrogen-bond donors (Lipinski definition) is 1. The molecule has 0 radical (unpaired) electrons. The molecule has 106 valence electrons. The van der Waals surface area contributed by atoms with E-state index in [-0.39, 0.29) is 12.4 Å².